The van der Waals surface area contributed by atoms with E-state index in [1.165, 1.54) is 26.2 Å². The number of aromatic amines is 1. The van der Waals surface area contributed by atoms with Gasteiger partial charge in [-0.05, 0) is 18.6 Å². The number of aromatic nitrogens is 4. The van der Waals surface area contributed by atoms with Crippen molar-refractivity contribution in [1.29, 1.82) is 0 Å². The lowest BCUT2D eigenvalue weighted by molar-refractivity contribution is -0.140. The van der Waals surface area contributed by atoms with Crippen LogP contribution in [0.5, 0.6) is 5.75 Å². The molecule has 34 heavy (non-hydrogen) atoms. The van der Waals surface area contributed by atoms with E-state index in [1.54, 1.807) is 30.3 Å². The first kappa shape index (κ1) is 21.7. The van der Waals surface area contributed by atoms with Gasteiger partial charge in [0.1, 0.15) is 17.0 Å². The van der Waals surface area contributed by atoms with Crippen LogP contribution in [0.3, 0.4) is 0 Å². The van der Waals surface area contributed by atoms with E-state index in [0.29, 0.717) is 22.4 Å². The Hall–Kier alpha value is -4.12. The number of hydrogen-bond donors (Lipinski definition) is 2. The summed E-state index contributed by atoms with van der Waals surface area (Å²) in [6.07, 6.45) is -4.75. The van der Waals surface area contributed by atoms with E-state index in [4.69, 9.17) is 14.9 Å². The zero-order valence-corrected chi connectivity index (χ0v) is 18.0. The number of nitrogens with two attached hydrogens (primary N) is 1. The van der Waals surface area contributed by atoms with E-state index in [9.17, 15) is 18.0 Å². The first-order valence-electron chi connectivity index (χ1n) is 10.2. The molecule has 0 spiro atoms. The summed E-state index contributed by atoms with van der Waals surface area (Å²) in [6.45, 7) is 1.66. The Morgan fingerprint density at radius 2 is 1.85 bits per heavy atom. The van der Waals surface area contributed by atoms with E-state index >= 15 is 0 Å². The van der Waals surface area contributed by atoms with Gasteiger partial charge in [-0.2, -0.15) is 17.7 Å². The summed E-state index contributed by atoms with van der Waals surface area (Å²) in [7, 11) is 1.46. The number of oxazole rings is 1. The fraction of sp³-hybridized carbons (Fsp3) is 0.174. The average Bonchev–Trinajstić information content (AvgIpc) is 3.41. The van der Waals surface area contributed by atoms with Crippen molar-refractivity contribution >= 4 is 16.7 Å². The highest BCUT2D eigenvalue weighted by atomic mass is 19.4. The summed E-state index contributed by atoms with van der Waals surface area (Å²) >= 11 is 0. The first-order valence-corrected chi connectivity index (χ1v) is 10.2. The second kappa shape index (κ2) is 7.73. The molecule has 0 atom stereocenters. The Labute approximate surface area is 189 Å². The molecule has 8 nitrogen and oxygen atoms in total. The lowest BCUT2D eigenvalue weighted by Gasteiger charge is -2.07. The molecule has 0 radical (unpaired) electrons. The molecule has 3 N–H and O–H groups in total. The predicted molar refractivity (Wildman–Crippen MR) is 118 cm³/mol. The molecule has 174 valence electrons. The van der Waals surface area contributed by atoms with Crippen LogP contribution in [0.4, 0.5) is 13.2 Å². The van der Waals surface area contributed by atoms with Crippen molar-refractivity contribution < 1.29 is 22.3 Å². The molecule has 5 aromatic rings. The highest BCUT2D eigenvalue weighted by Crippen LogP contribution is 2.39. The van der Waals surface area contributed by atoms with Crippen LogP contribution in [-0.4, -0.2) is 26.7 Å². The summed E-state index contributed by atoms with van der Waals surface area (Å²) in [5.41, 5.74) is 5.21. The first-order chi connectivity index (χ1) is 16.2. The van der Waals surface area contributed by atoms with Crippen LogP contribution in [0.2, 0.25) is 0 Å². The zero-order chi connectivity index (χ0) is 24.2. The third kappa shape index (κ3) is 3.24. The Morgan fingerprint density at radius 1 is 1.12 bits per heavy atom. The summed E-state index contributed by atoms with van der Waals surface area (Å²) in [5, 5.41) is 2.19. The minimum absolute atomic E-state index is 0.0756. The smallest absolute Gasteiger partial charge is 0.433 e. The summed E-state index contributed by atoms with van der Waals surface area (Å²) in [4.78, 5) is 22.2. The molecule has 11 heteroatoms. The molecule has 5 rings (SSSR count). The number of ether oxygens (including phenoxy) is 1. The SMILES string of the molecule is COc1ccc(CN)c2oc(-c3c(C)nc4c(-c5ccccc5)c(C(F)(F)F)[nH]n4c3=O)nc12. The van der Waals surface area contributed by atoms with Crippen molar-refractivity contribution in [3.05, 3.63) is 69.8 Å². The minimum atomic E-state index is -4.75. The third-order valence-corrected chi connectivity index (χ3v) is 5.55. The maximum atomic E-state index is 13.9. The van der Waals surface area contributed by atoms with Crippen LogP contribution in [0.1, 0.15) is 17.0 Å². The fourth-order valence-corrected chi connectivity index (χ4v) is 3.98. The maximum Gasteiger partial charge on any atom is 0.433 e. The Kier molecular flexibility index (Phi) is 4.94. The zero-order valence-electron chi connectivity index (χ0n) is 18.0. The van der Waals surface area contributed by atoms with Gasteiger partial charge in [-0.25, -0.2) is 9.97 Å². The number of halogens is 3. The highest BCUT2D eigenvalue weighted by molar-refractivity contribution is 5.86. The van der Waals surface area contributed by atoms with Gasteiger partial charge in [0, 0.05) is 12.1 Å². The van der Waals surface area contributed by atoms with Crippen LogP contribution < -0.4 is 16.0 Å². The predicted octanol–water partition coefficient (Wildman–Crippen LogP) is 4.29. The maximum absolute atomic E-state index is 13.9. The van der Waals surface area contributed by atoms with Crippen LogP contribution in [0.25, 0.3) is 39.3 Å². The topological polar surface area (TPSA) is 111 Å². The number of H-pyrrole nitrogens is 1. The number of aryl methyl sites for hydroxylation is 1. The highest BCUT2D eigenvalue weighted by Gasteiger charge is 2.38. The van der Waals surface area contributed by atoms with Crippen LogP contribution >= 0.6 is 0 Å². The van der Waals surface area contributed by atoms with E-state index in [1.807, 2.05) is 0 Å². The molecule has 3 aromatic heterocycles. The van der Waals surface area contributed by atoms with Crippen molar-refractivity contribution in [2.45, 2.75) is 19.6 Å². The standard InChI is InChI=1S/C23H18F3N5O3/c1-11-15(21-29-17-14(33-2)9-8-13(10-27)18(17)34-21)22(32)31-20(28-11)16(12-6-4-3-5-7-12)19(30-31)23(24,25)26/h3-9,30H,10,27H2,1-2H3. The molecular formula is C23H18F3N5O3. The second-order valence-corrected chi connectivity index (χ2v) is 7.59. The molecule has 0 aliphatic carbocycles. The van der Waals surface area contributed by atoms with Crippen LogP contribution in [0, 0.1) is 6.92 Å². The second-order valence-electron chi connectivity index (χ2n) is 7.59. The third-order valence-electron chi connectivity index (χ3n) is 5.55. The Morgan fingerprint density at radius 3 is 2.50 bits per heavy atom. The van der Waals surface area contributed by atoms with Gasteiger partial charge in [0.15, 0.2) is 16.7 Å². The van der Waals surface area contributed by atoms with E-state index in [-0.39, 0.29) is 40.5 Å². The number of nitrogens with zero attached hydrogens (tertiary/aromatic N) is 3. The van der Waals surface area contributed by atoms with Gasteiger partial charge in [0.25, 0.3) is 5.56 Å². The molecular weight excluding hydrogens is 451 g/mol. The van der Waals surface area contributed by atoms with Gasteiger partial charge in [0.05, 0.1) is 18.4 Å². The number of alkyl halides is 3. The number of fused-ring (bicyclic) bond motifs is 2. The number of benzene rings is 2. The molecule has 0 saturated carbocycles. The Bertz CT molecular complexity index is 1560. The van der Waals surface area contributed by atoms with Gasteiger partial charge in [0.2, 0.25) is 5.89 Å². The fourth-order valence-electron chi connectivity index (χ4n) is 3.98. The van der Waals surface area contributed by atoms with Crippen LogP contribution in [-0.2, 0) is 12.7 Å². The van der Waals surface area contributed by atoms with Crippen molar-refractivity contribution in [1.82, 2.24) is 19.6 Å². The van der Waals surface area contributed by atoms with E-state index in [0.717, 1.165) is 4.52 Å². The summed E-state index contributed by atoms with van der Waals surface area (Å²) in [6, 6.07) is 11.3. The molecule has 3 heterocycles. The number of rotatable bonds is 4. The molecule has 2 aromatic carbocycles. The van der Waals surface area contributed by atoms with E-state index in [2.05, 4.69) is 15.1 Å². The summed E-state index contributed by atoms with van der Waals surface area (Å²) in [5.74, 6) is 0.308. The molecule has 0 amide bonds. The molecule has 0 saturated heterocycles. The minimum Gasteiger partial charge on any atom is -0.494 e. The van der Waals surface area contributed by atoms with Gasteiger partial charge in [-0.15, -0.1) is 0 Å². The van der Waals surface area contributed by atoms with Crippen molar-refractivity contribution in [3.63, 3.8) is 0 Å². The largest absolute Gasteiger partial charge is 0.494 e. The van der Waals surface area contributed by atoms with Crippen molar-refractivity contribution in [3.8, 4) is 28.3 Å². The number of methoxy groups -OCH3 is 1. The monoisotopic (exact) mass is 469 g/mol. The molecule has 0 fully saturated rings. The molecule has 0 unspecified atom stereocenters. The van der Waals surface area contributed by atoms with Gasteiger partial charge in [-0.1, -0.05) is 36.4 Å². The lowest BCUT2D eigenvalue weighted by atomic mass is 10.1. The number of nitrogens with one attached hydrogen (secondary N) is 1. The molecule has 0 aliphatic heterocycles. The van der Waals surface area contributed by atoms with E-state index < -0.39 is 17.4 Å². The van der Waals surface area contributed by atoms with Crippen molar-refractivity contribution in [2.24, 2.45) is 5.73 Å². The van der Waals surface area contributed by atoms with Crippen LogP contribution in [0.15, 0.2) is 51.7 Å². The quantitative estimate of drug-likeness (QED) is 0.406. The van der Waals surface area contributed by atoms with Gasteiger partial charge < -0.3 is 14.9 Å². The van der Waals surface area contributed by atoms with Gasteiger partial charge in [-0.3, -0.25) is 9.89 Å². The molecule has 0 aliphatic rings. The molecule has 0 bridgehead atoms. The van der Waals surface area contributed by atoms with Crippen molar-refractivity contribution in [2.75, 3.05) is 7.11 Å². The average molecular weight is 469 g/mol. The Balaban J connectivity index is 1.83. The summed E-state index contributed by atoms with van der Waals surface area (Å²) < 4.78 is 53.7. The van der Waals surface area contributed by atoms with Gasteiger partial charge >= 0.3 is 6.18 Å². The number of hydrogen-bond acceptors (Lipinski definition) is 6. The normalized spacial score (nSPS) is 12.1. The lowest BCUT2D eigenvalue weighted by Crippen LogP contribution is -2.20.